The average Bonchev–Trinajstić information content (AvgIpc) is 3.24. The Morgan fingerprint density at radius 3 is 2.63 bits per heavy atom. The molecule has 1 aliphatic rings. The van der Waals surface area contributed by atoms with E-state index in [2.05, 4.69) is 28.5 Å². The third-order valence-electron chi connectivity index (χ3n) is 5.07. The van der Waals surface area contributed by atoms with Gasteiger partial charge in [-0.3, -0.25) is 0 Å². The van der Waals surface area contributed by atoms with E-state index < -0.39 is 6.10 Å². The van der Waals surface area contributed by atoms with E-state index in [0.29, 0.717) is 5.69 Å². The molecule has 2 aromatic carbocycles. The van der Waals surface area contributed by atoms with Crippen molar-refractivity contribution in [3.63, 3.8) is 0 Å². The first kappa shape index (κ1) is 17.5. The maximum Gasteiger partial charge on any atom is 0.124 e. The number of aromatic nitrogens is 3. The van der Waals surface area contributed by atoms with Crippen molar-refractivity contribution in [3.05, 3.63) is 83.7 Å². The summed E-state index contributed by atoms with van der Waals surface area (Å²) in [6.45, 7) is 0. The van der Waals surface area contributed by atoms with Gasteiger partial charge in [-0.15, -0.1) is 5.10 Å². The third-order valence-corrected chi connectivity index (χ3v) is 5.07. The van der Waals surface area contributed by atoms with Crippen LogP contribution in [0.25, 0.3) is 5.57 Å². The van der Waals surface area contributed by atoms with Gasteiger partial charge in [-0.1, -0.05) is 53.8 Å². The molecular weight excluding hydrogens is 338 g/mol. The van der Waals surface area contributed by atoms with E-state index in [1.807, 2.05) is 53.3 Å². The second kappa shape index (κ2) is 7.76. The molecule has 0 radical (unpaired) electrons. The largest absolute Gasteiger partial charge is 0.497 e. The maximum absolute atomic E-state index is 10.6. The van der Waals surface area contributed by atoms with Gasteiger partial charge in [-0.2, -0.15) is 0 Å². The lowest BCUT2D eigenvalue weighted by Crippen LogP contribution is -2.15. The van der Waals surface area contributed by atoms with Crippen LogP contribution in [0.1, 0.15) is 48.2 Å². The molecule has 0 amide bonds. The van der Waals surface area contributed by atoms with Crippen LogP contribution < -0.4 is 4.74 Å². The van der Waals surface area contributed by atoms with Gasteiger partial charge in [0.1, 0.15) is 17.5 Å². The second-order valence-electron chi connectivity index (χ2n) is 6.77. The highest BCUT2D eigenvalue weighted by molar-refractivity contribution is 5.69. The van der Waals surface area contributed by atoms with Gasteiger partial charge in [0.05, 0.1) is 19.3 Å². The van der Waals surface area contributed by atoms with Gasteiger partial charge >= 0.3 is 0 Å². The van der Waals surface area contributed by atoms with Crippen molar-refractivity contribution in [1.29, 1.82) is 0 Å². The molecule has 1 aromatic heterocycles. The number of benzene rings is 2. The lowest BCUT2D eigenvalue weighted by atomic mass is 9.89. The molecule has 5 nitrogen and oxygen atoms in total. The Balaban J connectivity index is 1.61. The van der Waals surface area contributed by atoms with Crippen molar-refractivity contribution in [2.45, 2.75) is 31.4 Å². The van der Waals surface area contributed by atoms with Crippen LogP contribution in [0.15, 0.2) is 66.9 Å². The Labute approximate surface area is 158 Å². The van der Waals surface area contributed by atoms with Gasteiger partial charge in [-0.25, -0.2) is 4.68 Å². The number of ether oxygens (including phenoxy) is 1. The summed E-state index contributed by atoms with van der Waals surface area (Å²) in [5.41, 5.74) is 3.80. The molecule has 1 N–H and O–H groups in total. The summed E-state index contributed by atoms with van der Waals surface area (Å²) in [5.74, 6) is 0.848. The summed E-state index contributed by atoms with van der Waals surface area (Å²) < 4.78 is 7.15. The minimum Gasteiger partial charge on any atom is -0.497 e. The molecule has 0 bridgehead atoms. The summed E-state index contributed by atoms with van der Waals surface area (Å²) in [4.78, 5) is 0. The Morgan fingerprint density at radius 1 is 1.11 bits per heavy atom. The van der Waals surface area contributed by atoms with E-state index in [1.54, 1.807) is 7.11 Å². The number of methoxy groups -OCH3 is 1. The molecule has 4 rings (SSSR count). The van der Waals surface area contributed by atoms with Crippen molar-refractivity contribution in [2.24, 2.45) is 0 Å². The summed E-state index contributed by atoms with van der Waals surface area (Å²) in [7, 11) is 1.67. The predicted octanol–water partition coefficient (Wildman–Crippen LogP) is 4.18. The fourth-order valence-corrected chi connectivity index (χ4v) is 3.60. The van der Waals surface area contributed by atoms with E-state index in [0.717, 1.165) is 30.6 Å². The zero-order chi connectivity index (χ0) is 18.6. The quantitative estimate of drug-likeness (QED) is 0.741. The Bertz CT molecular complexity index is 916. The summed E-state index contributed by atoms with van der Waals surface area (Å²) in [6.07, 6.45) is 6.56. The fraction of sp³-hybridized carbons (Fsp3) is 0.273. The van der Waals surface area contributed by atoms with Gasteiger partial charge in [0.15, 0.2) is 0 Å². The molecule has 1 heterocycles. The average molecular weight is 361 g/mol. The molecular formula is C22H23N3O2. The molecule has 5 heteroatoms. The molecule has 27 heavy (non-hydrogen) atoms. The van der Waals surface area contributed by atoms with Crippen molar-refractivity contribution in [3.8, 4) is 5.75 Å². The van der Waals surface area contributed by atoms with Crippen molar-refractivity contribution >= 4 is 5.57 Å². The van der Waals surface area contributed by atoms with Crippen LogP contribution in [0.2, 0.25) is 0 Å². The van der Waals surface area contributed by atoms with Gasteiger partial charge in [0.25, 0.3) is 0 Å². The number of hydrogen-bond acceptors (Lipinski definition) is 4. The SMILES string of the molecule is COc1ccc(C2=CCCC[C@H]2n2cc([C@@H](O)c3ccccc3)nn2)cc1. The number of allylic oxidation sites excluding steroid dienone is 2. The Morgan fingerprint density at radius 2 is 1.89 bits per heavy atom. The molecule has 138 valence electrons. The highest BCUT2D eigenvalue weighted by Gasteiger charge is 2.24. The monoisotopic (exact) mass is 361 g/mol. The molecule has 0 fully saturated rings. The number of nitrogens with zero attached hydrogens (tertiary/aromatic N) is 3. The molecule has 2 atom stereocenters. The third kappa shape index (κ3) is 3.64. The highest BCUT2D eigenvalue weighted by atomic mass is 16.5. The molecule has 0 spiro atoms. The first-order valence-corrected chi connectivity index (χ1v) is 9.25. The summed E-state index contributed by atoms with van der Waals surface area (Å²) in [6, 6.07) is 17.8. The molecule has 0 saturated heterocycles. The molecule has 0 unspecified atom stereocenters. The lowest BCUT2D eigenvalue weighted by Gasteiger charge is -2.24. The predicted molar refractivity (Wildman–Crippen MR) is 104 cm³/mol. The van der Waals surface area contributed by atoms with E-state index in [4.69, 9.17) is 4.74 Å². The van der Waals surface area contributed by atoms with Crippen LogP contribution in [-0.2, 0) is 0 Å². The van der Waals surface area contributed by atoms with Crippen LogP contribution in [0, 0.1) is 0 Å². The summed E-state index contributed by atoms with van der Waals surface area (Å²) >= 11 is 0. The number of aliphatic hydroxyl groups excluding tert-OH is 1. The van der Waals surface area contributed by atoms with Crippen molar-refractivity contribution in [2.75, 3.05) is 7.11 Å². The number of hydrogen-bond donors (Lipinski definition) is 1. The molecule has 0 aliphatic heterocycles. The van der Waals surface area contributed by atoms with Gasteiger partial charge in [0.2, 0.25) is 0 Å². The van der Waals surface area contributed by atoms with Gasteiger partial charge < -0.3 is 9.84 Å². The summed E-state index contributed by atoms with van der Waals surface area (Å²) in [5, 5.41) is 19.2. The van der Waals surface area contributed by atoms with E-state index >= 15 is 0 Å². The van der Waals surface area contributed by atoms with E-state index in [9.17, 15) is 5.11 Å². The van der Waals surface area contributed by atoms with E-state index in [1.165, 1.54) is 11.1 Å². The highest BCUT2D eigenvalue weighted by Crippen LogP contribution is 2.36. The smallest absolute Gasteiger partial charge is 0.124 e. The molecule has 0 saturated carbocycles. The van der Waals surface area contributed by atoms with Crippen LogP contribution in [0.4, 0.5) is 0 Å². The van der Waals surface area contributed by atoms with Crippen molar-refractivity contribution < 1.29 is 9.84 Å². The van der Waals surface area contributed by atoms with Gasteiger partial charge in [-0.05, 0) is 48.1 Å². The fourth-order valence-electron chi connectivity index (χ4n) is 3.60. The first-order chi connectivity index (χ1) is 13.3. The topological polar surface area (TPSA) is 60.2 Å². The van der Waals surface area contributed by atoms with Crippen LogP contribution in [0.3, 0.4) is 0 Å². The van der Waals surface area contributed by atoms with Crippen LogP contribution >= 0.6 is 0 Å². The maximum atomic E-state index is 10.6. The Kier molecular flexibility index (Phi) is 5.03. The zero-order valence-corrected chi connectivity index (χ0v) is 15.3. The molecule has 3 aromatic rings. The minimum atomic E-state index is -0.767. The van der Waals surface area contributed by atoms with Crippen molar-refractivity contribution in [1.82, 2.24) is 15.0 Å². The van der Waals surface area contributed by atoms with Crippen LogP contribution in [-0.4, -0.2) is 27.2 Å². The lowest BCUT2D eigenvalue weighted by molar-refractivity contribution is 0.215. The normalized spacial score (nSPS) is 18.0. The molecule has 1 aliphatic carbocycles. The number of rotatable bonds is 5. The first-order valence-electron chi connectivity index (χ1n) is 9.25. The van der Waals surface area contributed by atoms with Gasteiger partial charge in [0, 0.05) is 0 Å². The Hall–Kier alpha value is -2.92. The second-order valence-corrected chi connectivity index (χ2v) is 6.77. The standard InChI is InChI=1S/C22H23N3O2/c1-27-18-13-11-16(12-14-18)19-9-5-6-10-21(19)25-15-20(23-24-25)22(26)17-7-3-2-4-8-17/h2-4,7-9,11-15,21-22,26H,5-6,10H2,1H3/t21-,22+/m1/s1. The van der Waals surface area contributed by atoms with E-state index in [-0.39, 0.29) is 6.04 Å². The van der Waals surface area contributed by atoms with Crippen LogP contribution in [0.5, 0.6) is 5.75 Å². The number of aliphatic hydroxyl groups is 1. The minimum absolute atomic E-state index is 0.122. The zero-order valence-electron chi connectivity index (χ0n) is 15.3.